The van der Waals surface area contributed by atoms with Crippen LogP contribution in [0.5, 0.6) is 5.88 Å². The Morgan fingerprint density at radius 1 is 1.33 bits per heavy atom. The Balaban J connectivity index is 1.37. The predicted octanol–water partition coefficient (Wildman–Crippen LogP) is 4.32. The molecule has 5 rings (SSSR count). The van der Waals surface area contributed by atoms with Gasteiger partial charge in [-0.15, -0.1) is 0 Å². The number of fused-ring (bicyclic) bond motifs is 4. The summed E-state index contributed by atoms with van der Waals surface area (Å²) >= 11 is 6.42. The fourth-order valence-electron chi connectivity index (χ4n) is 4.63. The molecule has 1 saturated heterocycles. The van der Waals surface area contributed by atoms with Gasteiger partial charge in [0.25, 0.3) is 5.56 Å². The number of aromatic amines is 1. The van der Waals surface area contributed by atoms with E-state index in [0.717, 1.165) is 18.4 Å². The lowest BCUT2D eigenvalue weighted by Crippen LogP contribution is -2.45. The fraction of sp³-hybridized carbons (Fsp3) is 0.304. The number of carbonyl (C=O) groups is 1. The number of anilines is 1. The maximum absolute atomic E-state index is 14.9. The van der Waals surface area contributed by atoms with Gasteiger partial charge in [0.1, 0.15) is 5.82 Å². The monoisotopic (exact) mass is 469 g/mol. The molecule has 170 valence electrons. The summed E-state index contributed by atoms with van der Waals surface area (Å²) in [5.74, 6) is -0.137. The zero-order valence-corrected chi connectivity index (χ0v) is 18.5. The van der Waals surface area contributed by atoms with Crippen LogP contribution in [0.25, 0.3) is 11.1 Å². The van der Waals surface area contributed by atoms with Crippen molar-refractivity contribution in [2.75, 3.05) is 11.9 Å². The maximum Gasteiger partial charge on any atom is 0.322 e. The van der Waals surface area contributed by atoms with Crippen molar-refractivity contribution < 1.29 is 13.9 Å². The Morgan fingerprint density at radius 3 is 2.94 bits per heavy atom. The highest BCUT2D eigenvalue weighted by Gasteiger charge is 2.44. The molecular formula is C23H21ClFN5O3. The highest BCUT2D eigenvalue weighted by molar-refractivity contribution is 6.33. The summed E-state index contributed by atoms with van der Waals surface area (Å²) in [6.45, 7) is 2.36. The van der Waals surface area contributed by atoms with E-state index in [1.165, 1.54) is 18.2 Å². The second kappa shape index (κ2) is 8.47. The highest BCUT2D eigenvalue weighted by Crippen LogP contribution is 2.42. The van der Waals surface area contributed by atoms with E-state index in [4.69, 9.17) is 16.3 Å². The van der Waals surface area contributed by atoms with Crippen molar-refractivity contribution >= 4 is 23.3 Å². The van der Waals surface area contributed by atoms with Crippen LogP contribution < -0.4 is 15.6 Å². The van der Waals surface area contributed by atoms with E-state index in [-0.39, 0.29) is 28.4 Å². The van der Waals surface area contributed by atoms with E-state index in [1.807, 2.05) is 6.92 Å². The highest BCUT2D eigenvalue weighted by atomic mass is 35.5. The summed E-state index contributed by atoms with van der Waals surface area (Å²) in [7, 11) is 0. The number of ether oxygens (including phenoxy) is 1. The molecule has 1 fully saturated rings. The molecule has 2 atom stereocenters. The van der Waals surface area contributed by atoms with Gasteiger partial charge in [-0.1, -0.05) is 11.6 Å². The van der Waals surface area contributed by atoms with Gasteiger partial charge in [0.05, 0.1) is 29.1 Å². The minimum absolute atomic E-state index is 0.00716. The van der Waals surface area contributed by atoms with Crippen molar-refractivity contribution in [1.29, 1.82) is 0 Å². The first-order valence-electron chi connectivity index (χ1n) is 10.7. The number of H-pyrrole nitrogens is 1. The average molecular weight is 470 g/mol. The van der Waals surface area contributed by atoms with Gasteiger partial charge in [-0.3, -0.25) is 4.79 Å². The number of halogens is 2. The van der Waals surface area contributed by atoms with Gasteiger partial charge in [-0.25, -0.2) is 19.3 Å². The lowest BCUT2D eigenvalue weighted by atomic mass is 9.99. The van der Waals surface area contributed by atoms with Crippen LogP contribution in [0.4, 0.5) is 14.9 Å². The predicted molar refractivity (Wildman–Crippen MR) is 121 cm³/mol. The lowest BCUT2D eigenvalue weighted by molar-refractivity contribution is 0.177. The molecule has 2 aliphatic rings. The number of urea groups is 1. The van der Waals surface area contributed by atoms with Gasteiger partial charge in [0.2, 0.25) is 5.88 Å². The number of nitrogens with zero attached hydrogens (tertiary/aromatic N) is 3. The second-order valence-corrected chi connectivity index (χ2v) is 8.47. The van der Waals surface area contributed by atoms with E-state index < -0.39 is 11.8 Å². The first-order valence-corrected chi connectivity index (χ1v) is 11.1. The van der Waals surface area contributed by atoms with Crippen molar-refractivity contribution in [1.82, 2.24) is 20.1 Å². The van der Waals surface area contributed by atoms with E-state index >= 15 is 0 Å². The van der Waals surface area contributed by atoms with Crippen LogP contribution in [0.3, 0.4) is 0 Å². The second-order valence-electron chi connectivity index (χ2n) is 8.06. The Bertz CT molecular complexity index is 1280. The molecule has 2 bridgehead atoms. The van der Waals surface area contributed by atoms with E-state index in [1.54, 1.807) is 23.2 Å². The number of hydrogen-bond acceptors (Lipinski definition) is 5. The zero-order valence-electron chi connectivity index (χ0n) is 17.8. The summed E-state index contributed by atoms with van der Waals surface area (Å²) in [4.78, 5) is 30.6. The Hall–Kier alpha value is -3.46. The van der Waals surface area contributed by atoms with Gasteiger partial charge in [-0.05, 0) is 49.9 Å². The number of pyridine rings is 1. The largest absolute Gasteiger partial charge is 0.478 e. The smallest absolute Gasteiger partial charge is 0.322 e. The molecule has 2 aliphatic heterocycles. The summed E-state index contributed by atoms with van der Waals surface area (Å²) < 4.78 is 20.3. The van der Waals surface area contributed by atoms with E-state index in [2.05, 4.69) is 20.5 Å². The topological polar surface area (TPSA) is 100 Å². The average Bonchev–Trinajstić information content (AvgIpc) is 3.12. The molecule has 8 nitrogen and oxygen atoms in total. The molecule has 0 radical (unpaired) electrons. The lowest BCUT2D eigenvalue weighted by Gasteiger charge is -2.35. The van der Waals surface area contributed by atoms with Crippen LogP contribution in [0.1, 0.15) is 37.1 Å². The van der Waals surface area contributed by atoms with E-state index in [9.17, 15) is 14.0 Å². The Kier molecular flexibility index (Phi) is 5.49. The molecule has 0 spiro atoms. The van der Waals surface area contributed by atoms with Crippen LogP contribution in [-0.4, -0.2) is 38.8 Å². The third-order valence-electron chi connectivity index (χ3n) is 6.07. The molecule has 3 aromatic rings. The van der Waals surface area contributed by atoms with Gasteiger partial charge in [0.15, 0.2) is 0 Å². The summed E-state index contributed by atoms with van der Waals surface area (Å²) in [6.07, 6.45) is 3.62. The third kappa shape index (κ3) is 3.93. The number of rotatable bonds is 4. The molecule has 1 aromatic carbocycles. The number of hydrogen-bond donors (Lipinski definition) is 2. The first-order chi connectivity index (χ1) is 15.9. The molecule has 33 heavy (non-hydrogen) atoms. The third-order valence-corrected chi connectivity index (χ3v) is 6.38. The quantitative estimate of drug-likeness (QED) is 0.592. The van der Waals surface area contributed by atoms with Crippen molar-refractivity contribution in [2.24, 2.45) is 0 Å². The molecule has 0 aliphatic carbocycles. The molecular weight excluding hydrogens is 449 g/mol. The van der Waals surface area contributed by atoms with Crippen molar-refractivity contribution in [2.45, 2.75) is 38.3 Å². The minimum atomic E-state index is -0.608. The zero-order chi connectivity index (χ0) is 23.1. The number of aromatic nitrogens is 3. The van der Waals surface area contributed by atoms with Crippen molar-refractivity contribution in [3.63, 3.8) is 0 Å². The molecule has 0 unspecified atom stereocenters. The van der Waals surface area contributed by atoms with Crippen molar-refractivity contribution in [3.8, 4) is 17.0 Å². The normalized spacial score (nSPS) is 18.7. The molecule has 2 aromatic heterocycles. The van der Waals surface area contributed by atoms with Gasteiger partial charge < -0.3 is 15.0 Å². The standard InChI is InChI=1S/C23H21ClFN5O3/c1-2-33-21-6-3-12(11-26-21)15-9-17(25)18(10-16(15)24)27-23(32)30-14-4-5-19(30)22-13(7-14)8-20(31)28-29-22/h3,6,8-11,14,19H,2,4-5,7H2,1H3,(H,27,32)(H,28,31)/t14-,19+/m0/s1. The molecule has 2 N–H and O–H groups in total. The van der Waals surface area contributed by atoms with Crippen LogP contribution >= 0.6 is 11.6 Å². The van der Waals surface area contributed by atoms with Gasteiger partial charge >= 0.3 is 6.03 Å². The number of carbonyl (C=O) groups excluding carboxylic acids is 1. The summed E-state index contributed by atoms with van der Waals surface area (Å²) in [5, 5.41) is 9.55. The van der Waals surface area contributed by atoms with Crippen molar-refractivity contribution in [3.05, 3.63) is 69.0 Å². The minimum Gasteiger partial charge on any atom is -0.478 e. The Morgan fingerprint density at radius 2 is 2.18 bits per heavy atom. The summed E-state index contributed by atoms with van der Waals surface area (Å²) in [6, 6.07) is 6.90. The SMILES string of the molecule is CCOc1ccc(-c2cc(F)c(NC(=O)N3[C@H]4CC[C@@H]3c3n[nH]c(=O)cc3C4)cc2Cl)cn1. The van der Waals surface area contributed by atoms with Crippen LogP contribution in [-0.2, 0) is 6.42 Å². The van der Waals surface area contributed by atoms with Crippen LogP contribution in [0.15, 0.2) is 41.3 Å². The number of nitrogens with one attached hydrogen (secondary N) is 2. The number of benzene rings is 1. The molecule has 2 amide bonds. The maximum atomic E-state index is 14.9. The fourth-order valence-corrected chi connectivity index (χ4v) is 4.91. The van der Waals surface area contributed by atoms with Crippen LogP contribution in [0.2, 0.25) is 5.02 Å². The molecule has 10 heteroatoms. The summed E-state index contributed by atoms with van der Waals surface area (Å²) in [5.41, 5.74) is 2.37. The Labute approximate surface area is 193 Å². The van der Waals surface area contributed by atoms with Gasteiger partial charge in [-0.2, -0.15) is 5.10 Å². The first kappa shape index (κ1) is 21.4. The van der Waals surface area contributed by atoms with Crippen LogP contribution in [0, 0.1) is 5.82 Å². The number of amides is 2. The van der Waals surface area contributed by atoms with E-state index in [0.29, 0.717) is 35.7 Å². The molecule has 4 heterocycles. The molecule has 0 saturated carbocycles. The van der Waals surface area contributed by atoms with Gasteiger partial charge in [0, 0.05) is 35.5 Å².